The fourth-order valence-corrected chi connectivity index (χ4v) is 4.08. The summed E-state index contributed by atoms with van der Waals surface area (Å²) >= 11 is 0. The van der Waals surface area contributed by atoms with E-state index in [-0.39, 0.29) is 23.5 Å². The molecule has 0 saturated heterocycles. The van der Waals surface area contributed by atoms with Crippen LogP contribution in [0.25, 0.3) is 0 Å². The van der Waals surface area contributed by atoms with E-state index in [1.165, 1.54) is 0 Å². The molecule has 1 aliphatic rings. The molecule has 8 nitrogen and oxygen atoms in total. The zero-order valence-electron chi connectivity index (χ0n) is 16.4. The second-order valence-corrected chi connectivity index (χ2v) is 8.88. The molecule has 0 fully saturated rings. The molecular weight excluding hydrogens is 380 g/mol. The lowest BCUT2D eigenvalue weighted by Crippen LogP contribution is -2.45. The highest BCUT2D eigenvalue weighted by Gasteiger charge is 2.23. The lowest BCUT2D eigenvalue weighted by atomic mass is 10.0. The van der Waals surface area contributed by atoms with E-state index in [2.05, 4.69) is 15.2 Å². The predicted octanol–water partition coefficient (Wildman–Crippen LogP) is 2.33. The molecule has 152 valence electrons. The molecule has 0 saturated carbocycles. The topological polar surface area (TPSA) is 105 Å². The minimum atomic E-state index is -3.66. The second-order valence-electron chi connectivity index (χ2n) is 7.11. The third-order valence-corrected chi connectivity index (χ3v) is 6.29. The van der Waals surface area contributed by atoms with Crippen molar-refractivity contribution in [2.75, 3.05) is 6.54 Å². The van der Waals surface area contributed by atoms with Crippen LogP contribution in [0, 0.1) is 6.92 Å². The fourth-order valence-electron chi connectivity index (χ4n) is 3.03. The average Bonchev–Trinajstić information content (AvgIpc) is 3.10. The van der Waals surface area contributed by atoms with Crippen LogP contribution in [0.3, 0.4) is 0 Å². The normalized spacial score (nSPS) is 15.2. The van der Waals surface area contributed by atoms with Crippen LogP contribution >= 0.6 is 0 Å². The Hall–Kier alpha value is -2.39. The van der Waals surface area contributed by atoms with Gasteiger partial charge in [0.2, 0.25) is 10.0 Å². The van der Waals surface area contributed by atoms with E-state index in [1.807, 2.05) is 13.8 Å². The van der Waals surface area contributed by atoms with E-state index in [1.54, 1.807) is 36.1 Å². The van der Waals surface area contributed by atoms with Crippen LogP contribution in [0.2, 0.25) is 0 Å². The average molecular weight is 407 g/mol. The van der Waals surface area contributed by atoms with E-state index >= 15 is 0 Å². The smallest absolute Gasteiger partial charge is 0.317 e. The van der Waals surface area contributed by atoms with Crippen LogP contribution in [-0.4, -0.2) is 37.1 Å². The largest absolute Gasteiger partial charge is 0.361 e. The summed E-state index contributed by atoms with van der Waals surface area (Å²) in [6, 6.07) is 6.78. The van der Waals surface area contributed by atoms with Crippen molar-refractivity contribution in [1.29, 1.82) is 0 Å². The van der Waals surface area contributed by atoms with Crippen LogP contribution in [0.4, 0.5) is 4.79 Å². The summed E-state index contributed by atoms with van der Waals surface area (Å²) in [4.78, 5) is 14.3. The standard InChI is InChI=1S/C19H26N4O4S/c1-4-13(2)21-19(24)23-8-7-15-10-18(6-5-16(15)12-23)28(25,26)20-11-17-9-14(3)27-22-17/h5-6,9-10,13,20H,4,7-8,11-12H2,1-3H3,(H,21,24)/t13-/m0/s1. The van der Waals surface area contributed by atoms with Crippen molar-refractivity contribution in [2.24, 2.45) is 0 Å². The number of fused-ring (bicyclic) bond motifs is 1. The molecule has 2 amide bonds. The highest BCUT2D eigenvalue weighted by molar-refractivity contribution is 7.89. The van der Waals surface area contributed by atoms with E-state index in [4.69, 9.17) is 4.52 Å². The van der Waals surface area contributed by atoms with Crippen molar-refractivity contribution in [3.05, 3.63) is 46.8 Å². The molecule has 1 aliphatic heterocycles. The molecule has 0 unspecified atom stereocenters. The Balaban J connectivity index is 1.68. The molecule has 1 aromatic carbocycles. The fraction of sp³-hybridized carbons (Fsp3) is 0.474. The first kappa shape index (κ1) is 20.3. The van der Waals surface area contributed by atoms with Crippen LogP contribution in [0.1, 0.15) is 42.8 Å². The van der Waals surface area contributed by atoms with Gasteiger partial charge in [0.25, 0.3) is 0 Å². The van der Waals surface area contributed by atoms with E-state index in [9.17, 15) is 13.2 Å². The summed E-state index contributed by atoms with van der Waals surface area (Å²) in [5, 5.41) is 6.76. The molecule has 2 heterocycles. The summed E-state index contributed by atoms with van der Waals surface area (Å²) < 4.78 is 32.7. The quantitative estimate of drug-likeness (QED) is 0.766. The lowest BCUT2D eigenvalue weighted by molar-refractivity contribution is 0.188. The van der Waals surface area contributed by atoms with Crippen LogP contribution < -0.4 is 10.0 Å². The first-order valence-electron chi connectivity index (χ1n) is 9.37. The van der Waals surface area contributed by atoms with Gasteiger partial charge in [0.15, 0.2) is 0 Å². The molecule has 0 spiro atoms. The maximum Gasteiger partial charge on any atom is 0.317 e. The Morgan fingerprint density at radius 1 is 1.32 bits per heavy atom. The molecule has 28 heavy (non-hydrogen) atoms. The van der Waals surface area contributed by atoms with Gasteiger partial charge in [-0.1, -0.05) is 18.1 Å². The van der Waals surface area contributed by atoms with Crippen molar-refractivity contribution in [3.8, 4) is 0 Å². The number of amides is 2. The number of nitrogens with zero attached hydrogens (tertiary/aromatic N) is 2. The van der Waals surface area contributed by atoms with E-state index < -0.39 is 10.0 Å². The lowest BCUT2D eigenvalue weighted by Gasteiger charge is -2.30. The zero-order chi connectivity index (χ0) is 20.3. The summed E-state index contributed by atoms with van der Waals surface area (Å²) in [6.45, 7) is 6.85. The molecule has 1 atom stereocenters. The van der Waals surface area contributed by atoms with Gasteiger partial charge >= 0.3 is 6.03 Å². The van der Waals surface area contributed by atoms with Gasteiger partial charge in [0.05, 0.1) is 17.1 Å². The number of carbonyl (C=O) groups excluding carboxylic acids is 1. The molecule has 0 radical (unpaired) electrons. The molecule has 0 aliphatic carbocycles. The number of aryl methyl sites for hydroxylation is 1. The van der Waals surface area contributed by atoms with Gasteiger partial charge < -0.3 is 14.7 Å². The first-order valence-corrected chi connectivity index (χ1v) is 10.9. The third-order valence-electron chi connectivity index (χ3n) is 4.89. The Bertz CT molecular complexity index is 955. The van der Waals surface area contributed by atoms with Gasteiger partial charge in [0.1, 0.15) is 5.76 Å². The summed E-state index contributed by atoms with van der Waals surface area (Å²) in [5.74, 6) is 0.630. The number of rotatable bonds is 6. The molecule has 1 aromatic heterocycles. The number of hydrogen-bond acceptors (Lipinski definition) is 5. The van der Waals surface area contributed by atoms with Crippen molar-refractivity contribution in [1.82, 2.24) is 20.1 Å². The monoisotopic (exact) mass is 406 g/mol. The minimum absolute atomic E-state index is 0.0698. The van der Waals surface area contributed by atoms with Gasteiger partial charge in [-0.3, -0.25) is 0 Å². The number of nitrogens with one attached hydrogen (secondary N) is 2. The molecule has 2 aromatic rings. The zero-order valence-corrected chi connectivity index (χ0v) is 17.2. The highest BCUT2D eigenvalue weighted by Crippen LogP contribution is 2.23. The van der Waals surface area contributed by atoms with Gasteiger partial charge in [-0.2, -0.15) is 0 Å². The number of hydrogen-bond donors (Lipinski definition) is 2. The maximum absolute atomic E-state index is 12.6. The van der Waals surface area contributed by atoms with Gasteiger partial charge in [0, 0.05) is 25.2 Å². The van der Waals surface area contributed by atoms with Crippen LogP contribution in [0.5, 0.6) is 0 Å². The van der Waals surface area contributed by atoms with E-state index in [0.717, 1.165) is 17.5 Å². The van der Waals surface area contributed by atoms with Crippen molar-refractivity contribution >= 4 is 16.1 Å². The van der Waals surface area contributed by atoms with Crippen molar-refractivity contribution in [2.45, 2.75) is 57.6 Å². The first-order chi connectivity index (χ1) is 13.3. The highest BCUT2D eigenvalue weighted by atomic mass is 32.2. The van der Waals surface area contributed by atoms with Gasteiger partial charge in [-0.05, 0) is 49.9 Å². The predicted molar refractivity (Wildman–Crippen MR) is 104 cm³/mol. The molecule has 0 bridgehead atoms. The number of sulfonamides is 1. The summed E-state index contributed by atoms with van der Waals surface area (Å²) in [5.41, 5.74) is 2.45. The molecule has 9 heteroatoms. The molecule has 3 rings (SSSR count). The number of benzene rings is 1. The van der Waals surface area contributed by atoms with Crippen LogP contribution in [-0.2, 0) is 29.5 Å². The minimum Gasteiger partial charge on any atom is -0.361 e. The number of urea groups is 1. The van der Waals surface area contributed by atoms with Crippen molar-refractivity contribution in [3.63, 3.8) is 0 Å². The summed E-state index contributed by atoms with van der Waals surface area (Å²) in [7, 11) is -3.66. The Kier molecular flexibility index (Phi) is 6.04. The molecular formula is C19H26N4O4S. The third kappa shape index (κ3) is 4.71. The SMILES string of the molecule is CC[C@H](C)NC(=O)N1CCc2cc(S(=O)(=O)NCc3cc(C)on3)ccc2C1. The Morgan fingerprint density at radius 2 is 2.11 bits per heavy atom. The van der Waals surface area contributed by atoms with Gasteiger partial charge in [-0.25, -0.2) is 17.9 Å². The maximum atomic E-state index is 12.6. The Labute approximate surface area is 165 Å². The molecule has 2 N–H and O–H groups in total. The Morgan fingerprint density at radius 3 is 2.79 bits per heavy atom. The number of aromatic nitrogens is 1. The van der Waals surface area contributed by atoms with E-state index in [0.29, 0.717) is 31.0 Å². The second kappa shape index (κ2) is 8.32. The van der Waals surface area contributed by atoms with Crippen LogP contribution in [0.15, 0.2) is 33.7 Å². The van der Waals surface area contributed by atoms with Crippen molar-refractivity contribution < 1.29 is 17.7 Å². The number of carbonyl (C=O) groups is 1. The summed E-state index contributed by atoms with van der Waals surface area (Å²) in [6.07, 6.45) is 1.49. The van der Waals surface area contributed by atoms with Gasteiger partial charge in [-0.15, -0.1) is 0 Å².